The Morgan fingerprint density at radius 2 is 2.16 bits per heavy atom. The summed E-state index contributed by atoms with van der Waals surface area (Å²) >= 11 is 5.47. The number of aromatic nitrogens is 3. The molecule has 4 nitrogen and oxygen atoms in total. The molecule has 0 spiro atoms. The quantitative estimate of drug-likeness (QED) is 0.876. The van der Waals surface area contributed by atoms with Gasteiger partial charge in [-0.2, -0.15) is 0 Å². The summed E-state index contributed by atoms with van der Waals surface area (Å²) in [5.41, 5.74) is 3.29. The van der Waals surface area contributed by atoms with Crippen molar-refractivity contribution in [3.05, 3.63) is 22.6 Å². The molecule has 1 fully saturated rings. The van der Waals surface area contributed by atoms with Crippen molar-refractivity contribution in [1.82, 2.24) is 19.4 Å². The Labute approximate surface area is 118 Å². The molecule has 0 radical (unpaired) electrons. The second-order valence-electron chi connectivity index (χ2n) is 5.81. The van der Waals surface area contributed by atoms with Crippen LogP contribution in [0, 0.1) is 11.7 Å². The first kappa shape index (κ1) is 12.8. The van der Waals surface area contributed by atoms with Crippen LogP contribution in [0.5, 0.6) is 0 Å². The molecule has 102 valence electrons. The molecule has 2 aromatic rings. The number of nitrogens with one attached hydrogen (secondary N) is 1. The molecular weight excluding hydrogens is 256 g/mol. The molecule has 1 aliphatic rings. The van der Waals surface area contributed by atoms with E-state index in [4.69, 9.17) is 12.2 Å². The van der Waals surface area contributed by atoms with Crippen molar-refractivity contribution in [3.8, 4) is 0 Å². The van der Waals surface area contributed by atoms with Crippen LogP contribution in [0.1, 0.15) is 25.0 Å². The van der Waals surface area contributed by atoms with Gasteiger partial charge in [0.2, 0.25) is 0 Å². The van der Waals surface area contributed by atoms with Crippen molar-refractivity contribution in [3.63, 3.8) is 0 Å². The van der Waals surface area contributed by atoms with Gasteiger partial charge in [0.05, 0.1) is 5.52 Å². The van der Waals surface area contributed by atoms with Crippen molar-refractivity contribution in [1.29, 1.82) is 0 Å². The van der Waals surface area contributed by atoms with Gasteiger partial charge in [0.25, 0.3) is 0 Å². The number of imidazole rings is 1. The van der Waals surface area contributed by atoms with Crippen molar-refractivity contribution >= 4 is 23.4 Å². The molecule has 0 bridgehead atoms. The van der Waals surface area contributed by atoms with Crippen molar-refractivity contribution in [2.45, 2.75) is 38.3 Å². The van der Waals surface area contributed by atoms with Crippen LogP contribution >= 0.6 is 12.2 Å². The second kappa shape index (κ2) is 4.42. The Balaban J connectivity index is 2.07. The van der Waals surface area contributed by atoms with E-state index in [9.17, 15) is 0 Å². The summed E-state index contributed by atoms with van der Waals surface area (Å²) in [6.45, 7) is 2.94. The maximum Gasteiger partial charge on any atom is 0.179 e. The van der Waals surface area contributed by atoms with Gasteiger partial charge in [-0.05, 0) is 64.6 Å². The lowest BCUT2D eigenvalue weighted by Gasteiger charge is -2.47. The van der Waals surface area contributed by atoms with Crippen molar-refractivity contribution < 1.29 is 0 Å². The number of fused-ring (bicyclic) bond motifs is 1. The van der Waals surface area contributed by atoms with Crippen LogP contribution in [0.15, 0.2) is 12.1 Å². The van der Waals surface area contributed by atoms with Crippen LogP contribution in [0.2, 0.25) is 0 Å². The van der Waals surface area contributed by atoms with Gasteiger partial charge in [-0.1, -0.05) is 0 Å². The number of aryl methyl sites for hydroxylation is 1. The number of rotatable bonds is 3. The number of pyridine rings is 1. The molecule has 0 aliphatic heterocycles. The standard InChI is InChI=1S/C14H20N4S/c1-10-5-6-11-12(15-10)18(13(19)16-11)9-14(17(2)3)7-4-8-14/h5-6H,4,7-9H2,1-3H3,(H,16,19). The third kappa shape index (κ3) is 2.01. The Bertz CT molecular complexity index is 664. The van der Waals surface area contributed by atoms with Gasteiger partial charge in [0.1, 0.15) is 0 Å². The van der Waals surface area contributed by atoms with Gasteiger partial charge in [0.15, 0.2) is 10.4 Å². The first-order chi connectivity index (χ1) is 9.02. The first-order valence-electron chi connectivity index (χ1n) is 6.75. The highest BCUT2D eigenvalue weighted by Gasteiger charge is 2.39. The summed E-state index contributed by atoms with van der Waals surface area (Å²) in [7, 11) is 4.33. The minimum absolute atomic E-state index is 0.249. The highest BCUT2D eigenvalue weighted by molar-refractivity contribution is 7.71. The van der Waals surface area contributed by atoms with E-state index in [1.54, 1.807) is 0 Å². The summed E-state index contributed by atoms with van der Waals surface area (Å²) in [5, 5.41) is 0. The van der Waals surface area contributed by atoms with E-state index in [2.05, 4.69) is 39.6 Å². The van der Waals surface area contributed by atoms with Crippen molar-refractivity contribution in [2.24, 2.45) is 0 Å². The number of likely N-dealkylation sites (N-methyl/N-ethyl adjacent to an activating group) is 1. The fourth-order valence-electron chi connectivity index (χ4n) is 2.90. The summed E-state index contributed by atoms with van der Waals surface area (Å²) in [5.74, 6) is 0. The normalized spacial score (nSPS) is 17.9. The lowest BCUT2D eigenvalue weighted by Crippen LogP contribution is -2.53. The number of hydrogen-bond acceptors (Lipinski definition) is 3. The minimum atomic E-state index is 0.249. The Hall–Kier alpha value is -1.20. The summed E-state index contributed by atoms with van der Waals surface area (Å²) < 4.78 is 2.94. The Morgan fingerprint density at radius 1 is 1.42 bits per heavy atom. The largest absolute Gasteiger partial charge is 0.329 e. The maximum atomic E-state index is 5.47. The van der Waals surface area contributed by atoms with E-state index < -0.39 is 0 Å². The molecule has 19 heavy (non-hydrogen) atoms. The van der Waals surface area contributed by atoms with E-state index in [0.29, 0.717) is 0 Å². The molecule has 0 unspecified atom stereocenters. The van der Waals surface area contributed by atoms with Crippen LogP contribution in [0.3, 0.4) is 0 Å². The number of nitrogens with zero attached hydrogens (tertiary/aromatic N) is 3. The molecular formula is C14H20N4S. The SMILES string of the molecule is Cc1ccc2[nH]c(=S)n(CC3(N(C)C)CCC3)c2n1. The average molecular weight is 276 g/mol. The Kier molecular flexibility index (Phi) is 2.98. The van der Waals surface area contributed by atoms with Crippen molar-refractivity contribution in [2.75, 3.05) is 14.1 Å². The molecule has 1 N–H and O–H groups in total. The zero-order chi connectivity index (χ0) is 13.6. The van der Waals surface area contributed by atoms with Gasteiger partial charge < -0.3 is 9.88 Å². The lowest BCUT2D eigenvalue weighted by atomic mass is 9.75. The van der Waals surface area contributed by atoms with Gasteiger partial charge in [-0.3, -0.25) is 4.57 Å². The van der Waals surface area contributed by atoms with Crippen LogP contribution in [-0.2, 0) is 6.54 Å². The van der Waals surface area contributed by atoms with Crippen LogP contribution in [0.4, 0.5) is 0 Å². The second-order valence-corrected chi connectivity index (χ2v) is 6.20. The van der Waals surface area contributed by atoms with E-state index in [0.717, 1.165) is 28.2 Å². The topological polar surface area (TPSA) is 36.9 Å². The number of hydrogen-bond donors (Lipinski definition) is 1. The molecule has 2 heterocycles. The zero-order valence-corrected chi connectivity index (χ0v) is 12.5. The third-order valence-corrected chi connectivity index (χ3v) is 4.76. The molecule has 0 saturated heterocycles. The highest BCUT2D eigenvalue weighted by atomic mass is 32.1. The van der Waals surface area contributed by atoms with E-state index in [1.807, 2.05) is 13.0 Å². The molecule has 3 rings (SSSR count). The maximum absolute atomic E-state index is 5.47. The lowest BCUT2D eigenvalue weighted by molar-refractivity contribution is 0.0430. The zero-order valence-electron chi connectivity index (χ0n) is 11.7. The Morgan fingerprint density at radius 3 is 2.74 bits per heavy atom. The predicted octanol–water partition coefficient (Wildman–Crippen LogP) is 2.89. The number of aromatic amines is 1. The summed E-state index contributed by atoms with van der Waals surface area (Å²) in [4.78, 5) is 10.2. The molecule has 1 saturated carbocycles. The van der Waals surface area contributed by atoms with Gasteiger partial charge in [-0.15, -0.1) is 0 Å². The molecule has 2 aromatic heterocycles. The third-order valence-electron chi connectivity index (χ3n) is 4.44. The van der Waals surface area contributed by atoms with Gasteiger partial charge >= 0.3 is 0 Å². The minimum Gasteiger partial charge on any atom is -0.329 e. The van der Waals surface area contributed by atoms with E-state index >= 15 is 0 Å². The molecule has 0 amide bonds. The molecule has 0 atom stereocenters. The summed E-state index contributed by atoms with van der Waals surface area (Å²) in [6, 6.07) is 4.08. The highest BCUT2D eigenvalue weighted by Crippen LogP contribution is 2.38. The monoisotopic (exact) mass is 276 g/mol. The fourth-order valence-corrected chi connectivity index (χ4v) is 3.16. The smallest absolute Gasteiger partial charge is 0.179 e. The number of H-pyrrole nitrogens is 1. The van der Waals surface area contributed by atoms with Crippen LogP contribution < -0.4 is 0 Å². The molecule has 1 aliphatic carbocycles. The van der Waals surface area contributed by atoms with Gasteiger partial charge in [-0.25, -0.2) is 4.98 Å². The van der Waals surface area contributed by atoms with E-state index in [-0.39, 0.29) is 5.54 Å². The van der Waals surface area contributed by atoms with Crippen LogP contribution in [-0.4, -0.2) is 39.1 Å². The van der Waals surface area contributed by atoms with Crippen LogP contribution in [0.25, 0.3) is 11.2 Å². The predicted molar refractivity (Wildman–Crippen MR) is 79.9 cm³/mol. The molecule has 0 aromatic carbocycles. The molecule has 5 heteroatoms. The first-order valence-corrected chi connectivity index (χ1v) is 7.16. The fraction of sp³-hybridized carbons (Fsp3) is 0.571. The summed E-state index contributed by atoms with van der Waals surface area (Å²) in [6.07, 6.45) is 3.78. The average Bonchev–Trinajstić information content (AvgIpc) is 2.59. The van der Waals surface area contributed by atoms with E-state index in [1.165, 1.54) is 19.3 Å². The van der Waals surface area contributed by atoms with Gasteiger partial charge in [0, 0.05) is 17.8 Å².